The van der Waals surface area contributed by atoms with Gasteiger partial charge in [0.1, 0.15) is 0 Å². The van der Waals surface area contributed by atoms with Crippen LogP contribution in [0, 0.1) is 0 Å². The van der Waals surface area contributed by atoms with Crippen molar-refractivity contribution in [1.82, 2.24) is 0 Å². The van der Waals surface area contributed by atoms with Gasteiger partial charge in [-0.3, -0.25) is 0 Å². The Balaban J connectivity index is 0. The Morgan fingerprint density at radius 3 is 0.514 bits per heavy atom. The van der Waals surface area contributed by atoms with Crippen molar-refractivity contribution in [3.05, 3.63) is 0 Å². The lowest BCUT2D eigenvalue weighted by atomic mass is 10.0. The number of aliphatic hydroxyl groups is 1. The van der Waals surface area contributed by atoms with Gasteiger partial charge in [0.05, 0.1) is 0 Å². The summed E-state index contributed by atoms with van der Waals surface area (Å²) in [5.74, 6) is 0. The topological polar surface area (TPSA) is 20.2 Å². The molecule has 0 amide bonds. The van der Waals surface area contributed by atoms with Crippen LogP contribution in [-0.4, -0.2) is 11.7 Å². The number of unbranched alkanes of at least 4 members (excludes halogenated alkanes) is 28. The van der Waals surface area contributed by atoms with Crippen LogP contribution < -0.4 is 0 Å². The molecule has 0 aromatic carbocycles. The summed E-state index contributed by atoms with van der Waals surface area (Å²) in [5.41, 5.74) is 0. The van der Waals surface area contributed by atoms with Crippen molar-refractivity contribution in [3.63, 3.8) is 0 Å². The smallest absolute Gasteiger partial charge is 0.0431 e. The van der Waals surface area contributed by atoms with Gasteiger partial charge in [0, 0.05) is 6.61 Å². The first-order valence-electron chi connectivity index (χ1n) is 16.9. The highest BCUT2D eigenvalue weighted by Crippen LogP contribution is 2.14. The molecule has 214 valence electrons. The molecule has 0 unspecified atom stereocenters. The minimum absolute atomic E-state index is 0.374. The molecule has 0 fully saturated rings. The summed E-state index contributed by atoms with van der Waals surface area (Å²) in [5, 5.41) is 8.69. The van der Waals surface area contributed by atoms with E-state index in [1.807, 2.05) is 0 Å². The largest absolute Gasteiger partial charge is 0.396 e. The van der Waals surface area contributed by atoms with Crippen LogP contribution in [-0.2, 0) is 0 Å². The zero-order valence-electron chi connectivity index (χ0n) is 25.4. The molecule has 0 saturated heterocycles. The molecule has 0 spiro atoms. The average Bonchev–Trinajstić information content (AvgIpc) is 2.87. The summed E-state index contributed by atoms with van der Waals surface area (Å²) in [6.45, 7) is 7.23. The number of rotatable bonds is 29. The van der Waals surface area contributed by atoms with Crippen molar-refractivity contribution in [1.29, 1.82) is 0 Å². The maximum Gasteiger partial charge on any atom is 0.0431 e. The van der Waals surface area contributed by atoms with Gasteiger partial charge in [-0.15, -0.1) is 0 Å². The summed E-state index contributed by atoms with van der Waals surface area (Å²) in [4.78, 5) is 0. The maximum absolute atomic E-state index is 8.69. The third-order valence-corrected chi connectivity index (χ3v) is 7.47. The van der Waals surface area contributed by atoms with E-state index in [9.17, 15) is 0 Å². The fraction of sp³-hybridized carbons (Fsp3) is 1.00. The van der Waals surface area contributed by atoms with E-state index in [-0.39, 0.29) is 0 Å². The highest BCUT2D eigenvalue weighted by Gasteiger charge is 1.95. The van der Waals surface area contributed by atoms with Crippen molar-refractivity contribution in [3.8, 4) is 0 Å². The van der Waals surface area contributed by atoms with Crippen LogP contribution in [0.25, 0.3) is 0 Å². The first-order valence-corrected chi connectivity index (χ1v) is 16.9. The van der Waals surface area contributed by atoms with Gasteiger partial charge >= 0.3 is 0 Å². The third kappa shape index (κ3) is 41.4. The monoisotopic (exact) mass is 497 g/mol. The Kier molecular flexibility index (Phi) is 40.8. The Bertz CT molecular complexity index is 284. The van der Waals surface area contributed by atoms with Crippen molar-refractivity contribution < 1.29 is 5.11 Å². The van der Waals surface area contributed by atoms with Crippen LogP contribution in [0.1, 0.15) is 213 Å². The first-order chi connectivity index (χ1) is 17.3. The maximum atomic E-state index is 8.69. The summed E-state index contributed by atoms with van der Waals surface area (Å²) < 4.78 is 0. The zero-order valence-corrected chi connectivity index (χ0v) is 25.4. The highest BCUT2D eigenvalue weighted by molar-refractivity contribution is 4.50. The molecular formula is C34H72O. The lowest BCUT2D eigenvalue weighted by molar-refractivity contribution is 0.282. The Morgan fingerprint density at radius 2 is 0.371 bits per heavy atom. The van der Waals surface area contributed by atoms with E-state index >= 15 is 0 Å². The van der Waals surface area contributed by atoms with Crippen molar-refractivity contribution in [2.75, 3.05) is 6.61 Å². The molecule has 0 aromatic heterocycles. The van der Waals surface area contributed by atoms with Crippen LogP contribution in [0.3, 0.4) is 0 Å². The van der Waals surface area contributed by atoms with Crippen LogP contribution in [0.5, 0.6) is 0 Å². The van der Waals surface area contributed by atoms with Gasteiger partial charge < -0.3 is 5.11 Å². The molecule has 0 aliphatic heterocycles. The number of aliphatic hydroxyl groups excluding tert-OH is 1. The molecule has 0 aromatic rings. The van der Waals surface area contributed by atoms with Gasteiger partial charge in [0.2, 0.25) is 0 Å². The fourth-order valence-electron chi connectivity index (χ4n) is 4.93. The molecule has 0 saturated carbocycles. The Morgan fingerprint density at radius 1 is 0.229 bits per heavy atom. The second kappa shape index (κ2) is 38.5. The van der Waals surface area contributed by atoms with Gasteiger partial charge in [-0.2, -0.15) is 0 Å². The van der Waals surface area contributed by atoms with Gasteiger partial charge in [-0.05, 0) is 6.42 Å². The van der Waals surface area contributed by atoms with E-state index < -0.39 is 0 Å². The molecule has 0 heterocycles. The van der Waals surface area contributed by atoms with Crippen LogP contribution in [0.2, 0.25) is 0 Å². The second-order valence-corrected chi connectivity index (χ2v) is 11.3. The molecule has 0 aliphatic rings. The van der Waals surface area contributed by atoms with E-state index in [1.54, 1.807) is 0 Å². The van der Waals surface area contributed by atoms with E-state index in [0.29, 0.717) is 6.61 Å². The average molecular weight is 497 g/mol. The predicted octanol–water partition coefficient (Wildman–Crippen LogP) is 12.7. The third-order valence-electron chi connectivity index (χ3n) is 7.47. The molecular weight excluding hydrogens is 424 g/mol. The van der Waals surface area contributed by atoms with Gasteiger partial charge in [0.15, 0.2) is 0 Å². The fourth-order valence-corrected chi connectivity index (χ4v) is 4.93. The zero-order chi connectivity index (χ0) is 25.9. The summed E-state index contributed by atoms with van der Waals surface area (Å²) in [7, 11) is 0. The van der Waals surface area contributed by atoms with E-state index in [4.69, 9.17) is 5.11 Å². The van der Waals surface area contributed by atoms with Gasteiger partial charge in [0.25, 0.3) is 0 Å². The molecule has 0 radical (unpaired) electrons. The number of hydrogen-bond donors (Lipinski definition) is 1. The Hall–Kier alpha value is -0.0400. The second-order valence-electron chi connectivity index (χ2n) is 11.3. The SMILES string of the molecule is CCCCCCCCCCCCCC.CCCCCCCCCCCCCCCCCCCCO. The summed E-state index contributed by atoms with van der Waals surface area (Å²) in [6, 6.07) is 0. The van der Waals surface area contributed by atoms with Gasteiger partial charge in [-0.1, -0.05) is 207 Å². The molecule has 1 N–H and O–H groups in total. The van der Waals surface area contributed by atoms with Crippen molar-refractivity contribution in [2.45, 2.75) is 213 Å². The quantitative estimate of drug-likeness (QED) is 0.102. The van der Waals surface area contributed by atoms with E-state index in [0.717, 1.165) is 6.42 Å². The lowest BCUT2D eigenvalue weighted by Gasteiger charge is -2.03. The molecule has 0 aliphatic carbocycles. The predicted molar refractivity (Wildman–Crippen MR) is 163 cm³/mol. The van der Waals surface area contributed by atoms with Crippen LogP contribution >= 0.6 is 0 Å². The molecule has 35 heavy (non-hydrogen) atoms. The molecule has 1 nitrogen and oxygen atoms in total. The molecule has 0 rings (SSSR count). The molecule has 0 atom stereocenters. The van der Waals surface area contributed by atoms with Crippen molar-refractivity contribution in [2.24, 2.45) is 0 Å². The minimum atomic E-state index is 0.374. The Labute approximate surface area is 225 Å². The summed E-state index contributed by atoms with van der Waals surface area (Å²) >= 11 is 0. The molecule has 1 heteroatoms. The highest BCUT2D eigenvalue weighted by atomic mass is 16.2. The first kappa shape index (κ1) is 37.1. The number of hydrogen-bond acceptors (Lipinski definition) is 1. The van der Waals surface area contributed by atoms with E-state index in [2.05, 4.69) is 20.8 Å². The molecule has 0 bridgehead atoms. The van der Waals surface area contributed by atoms with Crippen LogP contribution in [0.4, 0.5) is 0 Å². The summed E-state index contributed by atoms with van der Waals surface area (Å²) in [6.07, 6.45) is 42.6. The minimum Gasteiger partial charge on any atom is -0.396 e. The van der Waals surface area contributed by atoms with Crippen LogP contribution in [0.15, 0.2) is 0 Å². The standard InChI is InChI=1S/C20H42O.C14H30/c1-2-3-4-5-6-7-8-9-10-11-12-13-14-15-16-17-18-19-20-21;1-3-5-7-9-11-13-14-12-10-8-6-4-2/h21H,2-20H2,1H3;3-14H2,1-2H3. The van der Waals surface area contributed by atoms with Crippen molar-refractivity contribution >= 4 is 0 Å². The van der Waals surface area contributed by atoms with E-state index in [1.165, 1.54) is 186 Å². The van der Waals surface area contributed by atoms with Gasteiger partial charge in [-0.25, -0.2) is 0 Å². The lowest BCUT2D eigenvalue weighted by Crippen LogP contribution is -1.85. The normalized spacial score (nSPS) is 11.0.